The number of rotatable bonds is 5. The van der Waals surface area contributed by atoms with Gasteiger partial charge in [0.1, 0.15) is 5.56 Å². The van der Waals surface area contributed by atoms with Crippen LogP contribution >= 0.6 is 11.6 Å². The van der Waals surface area contributed by atoms with Gasteiger partial charge in [-0.2, -0.15) is 13.2 Å². The Bertz CT molecular complexity index is 813. The third-order valence-electron chi connectivity index (χ3n) is 2.95. The monoisotopic (exact) mass is 388 g/mol. The Balaban J connectivity index is 2.18. The quantitative estimate of drug-likeness (QED) is 0.604. The van der Waals surface area contributed by atoms with Gasteiger partial charge in [-0.1, -0.05) is 11.6 Å². The van der Waals surface area contributed by atoms with Gasteiger partial charge < -0.3 is 4.74 Å². The lowest BCUT2D eigenvalue weighted by Gasteiger charge is -2.13. The van der Waals surface area contributed by atoms with Crippen molar-refractivity contribution in [1.29, 1.82) is 0 Å². The van der Waals surface area contributed by atoms with Crippen LogP contribution in [-0.2, 0) is 10.9 Å². The number of anilines is 1. The fraction of sp³-hybridized carbons (Fsp3) is 0.200. The van der Waals surface area contributed by atoms with Crippen LogP contribution in [0.3, 0.4) is 0 Å². The third kappa shape index (κ3) is 4.82. The zero-order valence-corrected chi connectivity index (χ0v) is 14.0. The minimum Gasteiger partial charge on any atom is -0.462 e. The van der Waals surface area contributed by atoms with Crippen molar-refractivity contribution in [2.24, 2.45) is 0 Å². The van der Waals surface area contributed by atoms with Crippen LogP contribution in [0.2, 0.25) is 5.02 Å². The minimum absolute atomic E-state index is 0.104. The first-order valence-electron chi connectivity index (χ1n) is 7.15. The first-order valence-corrected chi connectivity index (χ1v) is 7.53. The first kappa shape index (κ1) is 19.4. The maximum atomic E-state index is 13.1. The van der Waals surface area contributed by atoms with Gasteiger partial charge in [-0.05, 0) is 31.2 Å². The standard InChI is InChI=1S/C15H12ClF3N4O3/c1-2-26-13(25)10-7-20-14(21-11(10)15(17,18)19)23-22-12(24)8-3-5-9(16)6-4-8/h3-7H,2H2,1H3,(H,22,24)(H,20,21,23). The molecule has 0 bridgehead atoms. The number of amides is 1. The van der Waals surface area contributed by atoms with Crippen LogP contribution in [0.4, 0.5) is 19.1 Å². The highest BCUT2D eigenvalue weighted by molar-refractivity contribution is 6.30. The molecule has 1 aromatic heterocycles. The van der Waals surface area contributed by atoms with Crippen LogP contribution in [0.25, 0.3) is 0 Å². The van der Waals surface area contributed by atoms with Gasteiger partial charge in [0.2, 0.25) is 5.95 Å². The molecule has 0 radical (unpaired) electrons. The molecule has 0 unspecified atom stereocenters. The Labute approximate surface area is 150 Å². The van der Waals surface area contributed by atoms with E-state index >= 15 is 0 Å². The van der Waals surface area contributed by atoms with Crippen LogP contribution in [0.5, 0.6) is 0 Å². The molecule has 1 amide bonds. The largest absolute Gasteiger partial charge is 0.462 e. The summed E-state index contributed by atoms with van der Waals surface area (Å²) in [5.74, 6) is -2.39. The number of hydrogen-bond donors (Lipinski definition) is 2. The lowest BCUT2D eigenvalue weighted by Crippen LogP contribution is -2.31. The smallest absolute Gasteiger partial charge is 0.434 e. The normalized spacial score (nSPS) is 11.0. The number of hydrazine groups is 1. The molecule has 2 N–H and O–H groups in total. The number of nitrogens with zero attached hydrogens (tertiary/aromatic N) is 2. The zero-order chi connectivity index (χ0) is 19.3. The molecule has 0 atom stereocenters. The van der Waals surface area contributed by atoms with Gasteiger partial charge in [-0.3, -0.25) is 15.6 Å². The molecule has 26 heavy (non-hydrogen) atoms. The predicted molar refractivity (Wildman–Crippen MR) is 85.5 cm³/mol. The van der Waals surface area contributed by atoms with Gasteiger partial charge >= 0.3 is 12.1 Å². The molecular weight excluding hydrogens is 377 g/mol. The number of nitrogens with one attached hydrogen (secondary N) is 2. The van der Waals surface area contributed by atoms with E-state index in [0.717, 1.165) is 0 Å². The molecule has 0 saturated carbocycles. The number of alkyl halides is 3. The summed E-state index contributed by atoms with van der Waals surface area (Å²) in [6.45, 7) is 1.35. The van der Waals surface area contributed by atoms with Gasteiger partial charge in [-0.25, -0.2) is 14.8 Å². The molecule has 1 heterocycles. The molecule has 0 saturated heterocycles. The lowest BCUT2D eigenvalue weighted by atomic mass is 10.2. The van der Waals surface area contributed by atoms with Crippen LogP contribution in [0.15, 0.2) is 30.5 Å². The summed E-state index contributed by atoms with van der Waals surface area (Å²) < 4.78 is 43.9. The maximum Gasteiger partial charge on any atom is 0.434 e. The van der Waals surface area contributed by atoms with Crippen LogP contribution in [-0.4, -0.2) is 28.5 Å². The minimum atomic E-state index is -4.92. The summed E-state index contributed by atoms with van der Waals surface area (Å²) in [6.07, 6.45) is -4.24. The number of benzene rings is 1. The predicted octanol–water partition coefficient (Wildman–Crippen LogP) is 3.08. The van der Waals surface area contributed by atoms with Gasteiger partial charge in [-0.15, -0.1) is 0 Å². The van der Waals surface area contributed by atoms with E-state index in [1.807, 2.05) is 0 Å². The lowest BCUT2D eigenvalue weighted by molar-refractivity contribution is -0.141. The number of carbonyl (C=O) groups excluding carboxylic acids is 2. The molecular formula is C15H12ClF3N4O3. The number of hydrogen-bond acceptors (Lipinski definition) is 6. The summed E-state index contributed by atoms with van der Waals surface area (Å²) in [5, 5.41) is 0.419. The van der Waals surface area contributed by atoms with Crippen molar-refractivity contribution >= 4 is 29.4 Å². The van der Waals surface area contributed by atoms with E-state index in [1.165, 1.54) is 31.2 Å². The third-order valence-corrected chi connectivity index (χ3v) is 3.20. The Hall–Kier alpha value is -2.88. The highest BCUT2D eigenvalue weighted by atomic mass is 35.5. The average molecular weight is 389 g/mol. The second-order valence-corrected chi connectivity index (χ2v) is 5.20. The van der Waals surface area contributed by atoms with E-state index in [0.29, 0.717) is 11.2 Å². The molecule has 2 rings (SSSR count). The molecule has 0 fully saturated rings. The van der Waals surface area contributed by atoms with Crippen molar-refractivity contribution in [3.8, 4) is 0 Å². The number of esters is 1. The van der Waals surface area contributed by atoms with Gasteiger partial charge in [0.15, 0.2) is 5.69 Å². The number of ether oxygens (including phenoxy) is 1. The van der Waals surface area contributed by atoms with Crippen molar-refractivity contribution in [3.05, 3.63) is 52.3 Å². The van der Waals surface area contributed by atoms with Crippen molar-refractivity contribution < 1.29 is 27.5 Å². The highest BCUT2D eigenvalue weighted by Gasteiger charge is 2.38. The Morgan fingerprint density at radius 3 is 2.46 bits per heavy atom. The molecule has 2 aromatic rings. The fourth-order valence-corrected chi connectivity index (χ4v) is 1.93. The van der Waals surface area contributed by atoms with E-state index in [4.69, 9.17) is 11.6 Å². The maximum absolute atomic E-state index is 13.1. The van der Waals surface area contributed by atoms with Crippen molar-refractivity contribution in [3.63, 3.8) is 0 Å². The number of carbonyl (C=O) groups is 2. The van der Waals surface area contributed by atoms with Gasteiger partial charge in [0.05, 0.1) is 6.61 Å². The molecule has 1 aromatic carbocycles. The Kier molecular flexibility index (Phi) is 5.98. The van der Waals surface area contributed by atoms with Crippen molar-refractivity contribution in [1.82, 2.24) is 15.4 Å². The molecule has 0 aliphatic rings. The molecule has 7 nitrogen and oxygen atoms in total. The average Bonchev–Trinajstić information content (AvgIpc) is 2.59. The van der Waals surface area contributed by atoms with E-state index in [9.17, 15) is 22.8 Å². The molecule has 11 heteroatoms. The van der Waals surface area contributed by atoms with E-state index in [2.05, 4.69) is 25.6 Å². The van der Waals surface area contributed by atoms with Crippen LogP contribution in [0.1, 0.15) is 33.3 Å². The summed E-state index contributed by atoms with van der Waals surface area (Å²) in [7, 11) is 0. The number of aromatic nitrogens is 2. The summed E-state index contributed by atoms with van der Waals surface area (Å²) in [4.78, 5) is 30.3. The molecule has 0 aliphatic carbocycles. The van der Waals surface area contributed by atoms with Crippen LogP contribution < -0.4 is 10.9 Å². The summed E-state index contributed by atoms with van der Waals surface area (Å²) in [6, 6.07) is 5.79. The SMILES string of the molecule is CCOC(=O)c1cnc(NNC(=O)c2ccc(Cl)cc2)nc1C(F)(F)F. The summed E-state index contributed by atoms with van der Waals surface area (Å²) >= 11 is 5.70. The van der Waals surface area contributed by atoms with Crippen LogP contribution in [0, 0.1) is 0 Å². The second-order valence-electron chi connectivity index (χ2n) is 4.76. The van der Waals surface area contributed by atoms with Gasteiger partial charge in [0, 0.05) is 16.8 Å². The Morgan fingerprint density at radius 1 is 1.23 bits per heavy atom. The van der Waals surface area contributed by atoms with Crippen molar-refractivity contribution in [2.75, 3.05) is 12.0 Å². The van der Waals surface area contributed by atoms with E-state index in [1.54, 1.807) is 0 Å². The number of halogens is 4. The van der Waals surface area contributed by atoms with Gasteiger partial charge in [0.25, 0.3) is 5.91 Å². The first-order chi connectivity index (χ1) is 12.2. The van der Waals surface area contributed by atoms with Crippen molar-refractivity contribution in [2.45, 2.75) is 13.1 Å². The summed E-state index contributed by atoms with van der Waals surface area (Å²) in [5.41, 5.74) is 2.21. The molecule has 0 aliphatic heterocycles. The highest BCUT2D eigenvalue weighted by Crippen LogP contribution is 2.31. The Morgan fingerprint density at radius 2 is 1.88 bits per heavy atom. The molecule has 0 spiro atoms. The fourth-order valence-electron chi connectivity index (χ4n) is 1.80. The zero-order valence-electron chi connectivity index (χ0n) is 13.2. The van der Waals surface area contributed by atoms with E-state index in [-0.39, 0.29) is 12.2 Å². The molecule has 138 valence electrons. The topological polar surface area (TPSA) is 93.2 Å². The second kappa shape index (κ2) is 8.00. The van der Waals surface area contributed by atoms with E-state index < -0.39 is 35.3 Å².